The molecule has 0 N–H and O–H groups in total. The highest BCUT2D eigenvalue weighted by Gasteiger charge is 2.12. The largest absolute Gasteiger partial charge is 0.234 e. The highest BCUT2D eigenvalue weighted by Crippen LogP contribution is 2.01. The first-order valence-electron chi connectivity index (χ1n) is 2.38. The second-order valence-corrected chi connectivity index (χ2v) is 1.57. The van der Waals surface area contributed by atoms with Crippen molar-refractivity contribution in [2.75, 3.05) is 6.54 Å². The number of nitro groups is 1. The molecule has 0 amide bonds. The number of hydrazine groups is 1. The minimum absolute atomic E-state index is 0.413. The SMILES string of the molecule is O=[N+]([O-])N1C=CCC1. The van der Waals surface area contributed by atoms with E-state index in [0.29, 0.717) is 6.54 Å². The first-order valence-corrected chi connectivity index (χ1v) is 2.38. The summed E-state index contributed by atoms with van der Waals surface area (Å²) in [5.41, 5.74) is 0. The standard InChI is InChI=1S/C4H6N2O2/c7-6(8)5-3-1-2-4-5/h1,3H,2,4H2. The Morgan fingerprint density at radius 3 is 2.75 bits per heavy atom. The van der Waals surface area contributed by atoms with Gasteiger partial charge in [-0.2, -0.15) is 0 Å². The van der Waals surface area contributed by atoms with Gasteiger partial charge in [0.15, 0.2) is 5.03 Å². The fourth-order valence-electron chi connectivity index (χ4n) is 0.614. The highest BCUT2D eigenvalue weighted by molar-refractivity contribution is 4.86. The third kappa shape index (κ3) is 0.776. The molecule has 0 saturated heterocycles. The van der Waals surface area contributed by atoms with Crippen molar-refractivity contribution in [2.45, 2.75) is 6.42 Å². The molecule has 0 atom stereocenters. The molecule has 0 bridgehead atoms. The third-order valence-electron chi connectivity index (χ3n) is 1.01. The number of hydrogen-bond acceptors (Lipinski definition) is 2. The summed E-state index contributed by atoms with van der Waals surface area (Å²) in [6.45, 7) is 0.521. The van der Waals surface area contributed by atoms with Gasteiger partial charge < -0.3 is 0 Å². The summed E-state index contributed by atoms with van der Waals surface area (Å²) in [6.07, 6.45) is 4.06. The van der Waals surface area contributed by atoms with Crippen LogP contribution in [0.1, 0.15) is 6.42 Å². The average molecular weight is 114 g/mol. The van der Waals surface area contributed by atoms with Gasteiger partial charge in [-0.3, -0.25) is 0 Å². The fraction of sp³-hybridized carbons (Fsp3) is 0.500. The summed E-state index contributed by atoms with van der Waals surface area (Å²) in [6, 6.07) is 0. The second-order valence-electron chi connectivity index (χ2n) is 1.57. The van der Waals surface area contributed by atoms with Crippen molar-refractivity contribution < 1.29 is 5.03 Å². The van der Waals surface area contributed by atoms with E-state index in [1.54, 1.807) is 6.08 Å². The zero-order valence-electron chi connectivity index (χ0n) is 4.28. The van der Waals surface area contributed by atoms with E-state index < -0.39 is 5.03 Å². The van der Waals surface area contributed by atoms with Gasteiger partial charge in [-0.05, 0) is 6.42 Å². The van der Waals surface area contributed by atoms with E-state index >= 15 is 0 Å². The van der Waals surface area contributed by atoms with E-state index in [-0.39, 0.29) is 0 Å². The van der Waals surface area contributed by atoms with Crippen molar-refractivity contribution in [1.29, 1.82) is 0 Å². The maximum atomic E-state index is 9.88. The fourth-order valence-corrected chi connectivity index (χ4v) is 0.614. The molecule has 0 spiro atoms. The first kappa shape index (κ1) is 5.08. The van der Waals surface area contributed by atoms with Gasteiger partial charge in [-0.25, -0.2) is 10.1 Å². The number of hydrogen-bond donors (Lipinski definition) is 0. The molecule has 1 aliphatic rings. The molecule has 4 nitrogen and oxygen atoms in total. The second kappa shape index (κ2) is 1.81. The van der Waals surface area contributed by atoms with E-state index in [4.69, 9.17) is 0 Å². The molecule has 44 valence electrons. The Labute approximate surface area is 46.5 Å². The normalized spacial score (nSPS) is 17.2. The Balaban J connectivity index is 2.48. The van der Waals surface area contributed by atoms with Crippen LogP contribution >= 0.6 is 0 Å². The predicted molar refractivity (Wildman–Crippen MR) is 27.5 cm³/mol. The lowest BCUT2D eigenvalue weighted by atomic mass is 10.5. The minimum atomic E-state index is -0.413. The Morgan fingerprint density at radius 2 is 2.50 bits per heavy atom. The quantitative estimate of drug-likeness (QED) is 0.366. The third-order valence-corrected chi connectivity index (χ3v) is 1.01. The van der Waals surface area contributed by atoms with Crippen LogP contribution in [0.3, 0.4) is 0 Å². The maximum absolute atomic E-state index is 9.88. The van der Waals surface area contributed by atoms with E-state index in [1.165, 1.54) is 6.20 Å². The van der Waals surface area contributed by atoms with Crippen LogP contribution in [0.5, 0.6) is 0 Å². The van der Waals surface area contributed by atoms with Crippen LogP contribution in [-0.2, 0) is 0 Å². The minimum Gasteiger partial charge on any atom is -0.234 e. The molecular weight excluding hydrogens is 108 g/mol. The van der Waals surface area contributed by atoms with E-state index in [1.807, 2.05) is 0 Å². The van der Waals surface area contributed by atoms with Crippen LogP contribution < -0.4 is 0 Å². The summed E-state index contributed by atoms with van der Waals surface area (Å²) in [5.74, 6) is 0. The van der Waals surface area contributed by atoms with E-state index in [9.17, 15) is 10.1 Å². The van der Waals surface area contributed by atoms with Crippen LogP contribution in [-0.4, -0.2) is 16.6 Å². The van der Waals surface area contributed by atoms with Gasteiger partial charge in [0.05, 0.1) is 12.7 Å². The van der Waals surface area contributed by atoms with Crippen molar-refractivity contribution >= 4 is 0 Å². The predicted octanol–water partition coefficient (Wildman–Crippen LogP) is 0.397. The molecule has 1 heterocycles. The van der Waals surface area contributed by atoms with Crippen molar-refractivity contribution in [2.24, 2.45) is 0 Å². The maximum Gasteiger partial charge on any atom is 0.164 e. The molecule has 0 unspecified atom stereocenters. The Kier molecular flexibility index (Phi) is 1.15. The summed E-state index contributed by atoms with van der Waals surface area (Å²) < 4.78 is 0. The molecule has 1 rings (SSSR count). The van der Waals surface area contributed by atoms with Gasteiger partial charge in [-0.1, -0.05) is 6.08 Å². The van der Waals surface area contributed by atoms with Crippen molar-refractivity contribution in [3.8, 4) is 0 Å². The van der Waals surface area contributed by atoms with Crippen LogP contribution in [0.25, 0.3) is 0 Å². The van der Waals surface area contributed by atoms with Gasteiger partial charge in [-0.15, -0.1) is 5.01 Å². The molecular formula is C4H6N2O2. The zero-order chi connectivity index (χ0) is 5.98. The smallest absolute Gasteiger partial charge is 0.164 e. The topological polar surface area (TPSA) is 46.4 Å². The van der Waals surface area contributed by atoms with Crippen LogP contribution in [0, 0.1) is 10.1 Å². The monoisotopic (exact) mass is 114 g/mol. The lowest BCUT2D eigenvalue weighted by Gasteiger charge is -1.99. The Morgan fingerprint density at radius 1 is 1.75 bits per heavy atom. The highest BCUT2D eigenvalue weighted by atomic mass is 16.7. The summed E-state index contributed by atoms with van der Waals surface area (Å²) in [4.78, 5) is 9.88. The van der Waals surface area contributed by atoms with Crippen LogP contribution in [0.2, 0.25) is 0 Å². The lowest BCUT2D eigenvalue weighted by molar-refractivity contribution is -0.637. The van der Waals surface area contributed by atoms with Gasteiger partial charge >= 0.3 is 0 Å². The van der Waals surface area contributed by atoms with Crippen LogP contribution in [0.4, 0.5) is 0 Å². The average Bonchev–Trinajstić information content (AvgIpc) is 2.12. The molecule has 4 heteroatoms. The summed E-state index contributed by atoms with van der Waals surface area (Å²) >= 11 is 0. The first-order chi connectivity index (χ1) is 3.80. The van der Waals surface area contributed by atoms with Crippen molar-refractivity contribution in [3.63, 3.8) is 0 Å². The molecule has 0 aromatic heterocycles. The number of rotatable bonds is 1. The van der Waals surface area contributed by atoms with Gasteiger partial charge in [0.2, 0.25) is 0 Å². The summed E-state index contributed by atoms with van der Waals surface area (Å²) in [5, 5.41) is 10.5. The molecule has 0 aromatic rings. The van der Waals surface area contributed by atoms with Gasteiger partial charge in [0.25, 0.3) is 0 Å². The molecule has 0 fully saturated rings. The van der Waals surface area contributed by atoms with Gasteiger partial charge in [0, 0.05) is 0 Å². The molecule has 0 aliphatic carbocycles. The van der Waals surface area contributed by atoms with Crippen LogP contribution in [0.15, 0.2) is 12.3 Å². The molecule has 0 radical (unpaired) electrons. The van der Waals surface area contributed by atoms with Gasteiger partial charge in [0.1, 0.15) is 0 Å². The van der Waals surface area contributed by atoms with E-state index in [2.05, 4.69) is 0 Å². The zero-order valence-corrected chi connectivity index (χ0v) is 4.28. The van der Waals surface area contributed by atoms with E-state index in [0.717, 1.165) is 11.4 Å². The molecule has 0 aromatic carbocycles. The van der Waals surface area contributed by atoms with Crippen molar-refractivity contribution in [3.05, 3.63) is 22.4 Å². The Bertz CT molecular complexity index is 132. The summed E-state index contributed by atoms with van der Waals surface area (Å²) in [7, 11) is 0. The molecule has 1 aliphatic heterocycles. The number of nitrogens with zero attached hydrogens (tertiary/aromatic N) is 2. The van der Waals surface area contributed by atoms with Crippen molar-refractivity contribution in [1.82, 2.24) is 5.01 Å². The molecule has 0 saturated carbocycles. The Hall–Kier alpha value is -1.06. The lowest BCUT2D eigenvalue weighted by Crippen LogP contribution is -2.21. The molecule has 8 heavy (non-hydrogen) atoms.